The van der Waals surface area contributed by atoms with Crippen molar-refractivity contribution in [3.05, 3.63) is 29.6 Å². The minimum absolute atomic E-state index is 0.313. The van der Waals surface area contributed by atoms with Gasteiger partial charge in [0.25, 0.3) is 0 Å². The molecule has 88 valence electrons. The van der Waals surface area contributed by atoms with E-state index in [1.165, 1.54) is 18.9 Å². The molecule has 0 heterocycles. The molecule has 3 heteroatoms. The van der Waals surface area contributed by atoms with Gasteiger partial charge in [-0.3, -0.25) is 0 Å². The number of hydrogen-bond acceptors (Lipinski definition) is 2. The average molecular weight is 223 g/mol. The van der Waals surface area contributed by atoms with Crippen molar-refractivity contribution in [1.29, 1.82) is 0 Å². The summed E-state index contributed by atoms with van der Waals surface area (Å²) in [7, 11) is 0. The van der Waals surface area contributed by atoms with Crippen LogP contribution in [0.1, 0.15) is 38.4 Å². The zero-order valence-corrected chi connectivity index (χ0v) is 9.78. The van der Waals surface area contributed by atoms with Gasteiger partial charge in [0.05, 0.1) is 6.10 Å². The Morgan fingerprint density at radius 2 is 2.19 bits per heavy atom. The lowest BCUT2D eigenvalue weighted by atomic mass is 10.1. The molecule has 0 bridgehead atoms. The largest absolute Gasteiger partial charge is 0.389 e. The summed E-state index contributed by atoms with van der Waals surface area (Å²) in [5, 5.41) is 9.67. The first kappa shape index (κ1) is 11.4. The van der Waals surface area contributed by atoms with Crippen LogP contribution in [0.3, 0.4) is 0 Å². The number of hydrogen-bond donors (Lipinski definition) is 1. The quantitative estimate of drug-likeness (QED) is 0.848. The Morgan fingerprint density at radius 3 is 2.69 bits per heavy atom. The van der Waals surface area contributed by atoms with Crippen molar-refractivity contribution in [3.8, 4) is 0 Å². The van der Waals surface area contributed by atoms with Gasteiger partial charge in [-0.2, -0.15) is 0 Å². The van der Waals surface area contributed by atoms with Gasteiger partial charge in [0.1, 0.15) is 5.82 Å². The maximum Gasteiger partial charge on any atom is 0.131 e. The fourth-order valence-electron chi connectivity index (χ4n) is 2.20. The molecule has 1 aromatic rings. The van der Waals surface area contributed by atoms with Crippen LogP contribution in [-0.2, 0) is 0 Å². The molecule has 0 aromatic heterocycles. The molecule has 0 radical (unpaired) electrons. The number of benzene rings is 1. The molecule has 1 aliphatic carbocycles. The summed E-state index contributed by atoms with van der Waals surface area (Å²) >= 11 is 0. The molecule has 0 spiro atoms. The van der Waals surface area contributed by atoms with Crippen LogP contribution in [0.25, 0.3) is 0 Å². The molecule has 1 aliphatic rings. The fourth-order valence-corrected chi connectivity index (χ4v) is 2.20. The normalized spacial score (nSPS) is 17.2. The Morgan fingerprint density at radius 1 is 1.50 bits per heavy atom. The Balaban J connectivity index is 2.41. The third-order valence-corrected chi connectivity index (χ3v) is 3.09. The molecule has 1 saturated carbocycles. The van der Waals surface area contributed by atoms with E-state index < -0.39 is 6.10 Å². The monoisotopic (exact) mass is 223 g/mol. The second-order valence-corrected chi connectivity index (χ2v) is 4.37. The van der Waals surface area contributed by atoms with Crippen LogP contribution < -0.4 is 4.90 Å². The number of halogens is 1. The van der Waals surface area contributed by atoms with Gasteiger partial charge in [-0.25, -0.2) is 4.39 Å². The molecule has 1 unspecified atom stereocenters. The van der Waals surface area contributed by atoms with Gasteiger partial charge in [-0.1, -0.05) is 6.07 Å². The third kappa shape index (κ3) is 2.05. The lowest BCUT2D eigenvalue weighted by molar-refractivity contribution is 0.194. The van der Waals surface area contributed by atoms with Crippen LogP contribution in [0.2, 0.25) is 0 Å². The van der Waals surface area contributed by atoms with Crippen molar-refractivity contribution in [2.45, 2.75) is 38.8 Å². The Labute approximate surface area is 95.7 Å². The van der Waals surface area contributed by atoms with Gasteiger partial charge in [-0.05, 0) is 38.8 Å². The van der Waals surface area contributed by atoms with Crippen molar-refractivity contribution in [3.63, 3.8) is 0 Å². The van der Waals surface area contributed by atoms with E-state index in [1.54, 1.807) is 13.0 Å². The molecule has 0 aliphatic heterocycles. The van der Waals surface area contributed by atoms with Crippen LogP contribution >= 0.6 is 0 Å². The van der Waals surface area contributed by atoms with Crippen LogP contribution in [0, 0.1) is 5.82 Å². The number of anilines is 1. The smallest absolute Gasteiger partial charge is 0.131 e. The predicted octanol–water partition coefficient (Wildman–Crippen LogP) is 2.87. The highest BCUT2D eigenvalue weighted by Gasteiger charge is 2.30. The first-order valence-corrected chi connectivity index (χ1v) is 5.88. The molecule has 2 rings (SSSR count). The van der Waals surface area contributed by atoms with Crippen molar-refractivity contribution in [1.82, 2.24) is 0 Å². The molecule has 2 nitrogen and oxygen atoms in total. The second-order valence-electron chi connectivity index (χ2n) is 4.37. The molecule has 1 aromatic carbocycles. The van der Waals surface area contributed by atoms with E-state index in [1.807, 2.05) is 6.07 Å². The van der Waals surface area contributed by atoms with Gasteiger partial charge in [0, 0.05) is 23.8 Å². The summed E-state index contributed by atoms with van der Waals surface area (Å²) in [6, 6.07) is 5.55. The summed E-state index contributed by atoms with van der Waals surface area (Å²) < 4.78 is 13.7. The van der Waals surface area contributed by atoms with Crippen molar-refractivity contribution >= 4 is 5.69 Å². The molecular formula is C13H18FNO. The van der Waals surface area contributed by atoms with Crippen molar-refractivity contribution in [2.24, 2.45) is 0 Å². The Bertz CT molecular complexity index is 374. The third-order valence-electron chi connectivity index (χ3n) is 3.09. The summed E-state index contributed by atoms with van der Waals surface area (Å²) in [4.78, 5) is 2.19. The molecule has 1 atom stereocenters. The zero-order valence-electron chi connectivity index (χ0n) is 9.78. The van der Waals surface area contributed by atoms with Crippen LogP contribution in [0.15, 0.2) is 18.2 Å². The first-order valence-electron chi connectivity index (χ1n) is 5.88. The maximum atomic E-state index is 13.7. The second kappa shape index (κ2) is 4.42. The van der Waals surface area contributed by atoms with Gasteiger partial charge >= 0.3 is 0 Å². The first-order chi connectivity index (χ1) is 7.65. The predicted molar refractivity (Wildman–Crippen MR) is 63.1 cm³/mol. The SMILES string of the molecule is CCN(c1cccc(F)c1C(C)O)C1CC1. The molecule has 0 saturated heterocycles. The summed E-state index contributed by atoms with van der Waals surface area (Å²) in [6.45, 7) is 4.53. The molecular weight excluding hydrogens is 205 g/mol. The number of nitrogens with zero attached hydrogens (tertiary/aromatic N) is 1. The van der Waals surface area contributed by atoms with E-state index in [4.69, 9.17) is 0 Å². The van der Waals surface area contributed by atoms with Crippen LogP contribution in [0.4, 0.5) is 10.1 Å². The van der Waals surface area contributed by atoms with E-state index >= 15 is 0 Å². The highest BCUT2D eigenvalue weighted by Crippen LogP contribution is 2.36. The van der Waals surface area contributed by atoms with E-state index in [2.05, 4.69) is 11.8 Å². The highest BCUT2D eigenvalue weighted by atomic mass is 19.1. The number of aliphatic hydroxyl groups excluding tert-OH is 1. The number of rotatable bonds is 4. The van der Waals surface area contributed by atoms with E-state index in [-0.39, 0.29) is 5.82 Å². The fraction of sp³-hybridized carbons (Fsp3) is 0.538. The maximum absolute atomic E-state index is 13.7. The number of aliphatic hydroxyl groups is 1. The van der Waals surface area contributed by atoms with Gasteiger partial charge in [0.15, 0.2) is 0 Å². The van der Waals surface area contributed by atoms with Gasteiger partial charge in [0.2, 0.25) is 0 Å². The summed E-state index contributed by atoms with van der Waals surface area (Å²) in [5.41, 5.74) is 1.27. The lowest BCUT2D eigenvalue weighted by Gasteiger charge is -2.26. The highest BCUT2D eigenvalue weighted by molar-refractivity contribution is 5.56. The molecule has 0 amide bonds. The molecule has 1 fully saturated rings. The minimum Gasteiger partial charge on any atom is -0.389 e. The topological polar surface area (TPSA) is 23.5 Å². The minimum atomic E-state index is -0.760. The van der Waals surface area contributed by atoms with Gasteiger partial charge in [-0.15, -0.1) is 0 Å². The van der Waals surface area contributed by atoms with Crippen LogP contribution in [0.5, 0.6) is 0 Å². The summed E-state index contributed by atoms with van der Waals surface area (Å²) in [6.07, 6.45) is 1.58. The Kier molecular flexibility index (Phi) is 3.15. The Hall–Kier alpha value is -1.09. The van der Waals surface area contributed by atoms with E-state index in [0.717, 1.165) is 12.2 Å². The standard InChI is InChI=1S/C13H18FNO/c1-3-15(10-7-8-10)12-6-4-5-11(14)13(12)9(2)16/h4-6,9-10,16H,3,7-8H2,1-2H3. The van der Waals surface area contributed by atoms with Gasteiger partial charge < -0.3 is 10.0 Å². The van der Waals surface area contributed by atoms with Crippen LogP contribution in [-0.4, -0.2) is 17.7 Å². The van der Waals surface area contributed by atoms with E-state index in [9.17, 15) is 9.50 Å². The van der Waals surface area contributed by atoms with Crippen molar-refractivity contribution in [2.75, 3.05) is 11.4 Å². The van der Waals surface area contributed by atoms with E-state index in [0.29, 0.717) is 11.6 Å². The molecule has 1 N–H and O–H groups in total. The average Bonchev–Trinajstić information content (AvgIpc) is 3.02. The van der Waals surface area contributed by atoms with Crippen molar-refractivity contribution < 1.29 is 9.50 Å². The zero-order chi connectivity index (χ0) is 11.7. The lowest BCUT2D eigenvalue weighted by Crippen LogP contribution is -2.26. The summed E-state index contributed by atoms with van der Waals surface area (Å²) in [5.74, 6) is -0.313. The molecule has 16 heavy (non-hydrogen) atoms.